The molecule has 0 aromatic heterocycles. The monoisotopic (exact) mass is 471 g/mol. The van der Waals surface area contributed by atoms with Crippen LogP contribution in [0, 0.1) is 0 Å². The molecule has 0 spiro atoms. The predicted molar refractivity (Wildman–Crippen MR) is 125 cm³/mol. The number of nitrogens with zero attached hydrogens (tertiary/aromatic N) is 1. The number of methoxy groups -OCH3 is 1. The normalized spacial score (nSPS) is 24.5. The molecular formula is C24H29N3O5S. The molecular weight excluding hydrogens is 442 g/mol. The van der Waals surface area contributed by atoms with Gasteiger partial charge in [-0.1, -0.05) is 36.4 Å². The number of amidine groups is 1. The van der Waals surface area contributed by atoms with Crippen molar-refractivity contribution in [3.8, 4) is 5.75 Å². The Balaban J connectivity index is 1.62. The molecule has 4 rings (SSSR count). The molecule has 0 unspecified atom stereocenters. The largest absolute Gasteiger partial charge is 0.496 e. The summed E-state index contributed by atoms with van der Waals surface area (Å²) >= 11 is 0. The van der Waals surface area contributed by atoms with Gasteiger partial charge in [0.2, 0.25) is 0 Å². The van der Waals surface area contributed by atoms with E-state index in [1.54, 1.807) is 18.2 Å². The van der Waals surface area contributed by atoms with Crippen LogP contribution in [0.3, 0.4) is 0 Å². The van der Waals surface area contributed by atoms with E-state index in [1.165, 1.54) is 7.11 Å². The van der Waals surface area contributed by atoms with E-state index in [-0.39, 0.29) is 22.5 Å². The van der Waals surface area contributed by atoms with Gasteiger partial charge in [0.1, 0.15) is 22.6 Å². The van der Waals surface area contributed by atoms with Crippen LogP contribution < -0.4 is 14.8 Å². The van der Waals surface area contributed by atoms with Crippen LogP contribution in [-0.4, -0.2) is 46.6 Å². The van der Waals surface area contributed by atoms with E-state index >= 15 is 0 Å². The Morgan fingerprint density at radius 2 is 1.88 bits per heavy atom. The summed E-state index contributed by atoms with van der Waals surface area (Å²) < 4.78 is 38.8. The van der Waals surface area contributed by atoms with Crippen LogP contribution in [0.5, 0.6) is 5.75 Å². The van der Waals surface area contributed by atoms with Gasteiger partial charge in [0.25, 0.3) is 10.0 Å². The van der Waals surface area contributed by atoms with Crippen molar-refractivity contribution in [3.63, 3.8) is 0 Å². The van der Waals surface area contributed by atoms with E-state index in [9.17, 15) is 13.2 Å². The number of amides is 1. The summed E-state index contributed by atoms with van der Waals surface area (Å²) in [6.45, 7) is 2.78. The minimum absolute atomic E-state index is 0.146. The number of carbonyl (C=O) groups excluding carboxylic acids is 1. The Bertz CT molecular complexity index is 1140. The van der Waals surface area contributed by atoms with Crippen LogP contribution in [0.4, 0.5) is 4.79 Å². The first kappa shape index (κ1) is 23.1. The standard InChI is InChI=1S/C24H29N3O5S/c1-3-25-23(28)32-18-12-14-24(15-13-18,17-8-5-4-6-9-17)16-26-22-21-19(31-2)10-7-11-20(21)33(29,30)27-22/h4-11,18H,3,12-16H2,1-2H3,(H,25,28)(H,26,27). The maximum Gasteiger partial charge on any atom is 0.407 e. The molecule has 2 aliphatic rings. The van der Waals surface area contributed by atoms with Crippen molar-refractivity contribution in [2.24, 2.45) is 4.99 Å². The highest BCUT2D eigenvalue weighted by atomic mass is 32.2. The Kier molecular flexibility index (Phi) is 6.60. The maximum absolute atomic E-state index is 12.6. The summed E-state index contributed by atoms with van der Waals surface area (Å²) in [4.78, 5) is 16.8. The van der Waals surface area contributed by atoms with Crippen LogP contribution in [0.2, 0.25) is 0 Å². The zero-order valence-corrected chi connectivity index (χ0v) is 19.7. The average molecular weight is 472 g/mol. The fraction of sp³-hybridized carbons (Fsp3) is 0.417. The summed E-state index contributed by atoms with van der Waals surface area (Å²) in [5, 5.41) is 2.68. The number of ether oxygens (including phenoxy) is 2. The first-order valence-corrected chi connectivity index (χ1v) is 12.6. The minimum atomic E-state index is -3.68. The second kappa shape index (κ2) is 9.43. The summed E-state index contributed by atoms with van der Waals surface area (Å²) in [6, 6.07) is 15.1. The van der Waals surface area contributed by atoms with Crippen molar-refractivity contribution in [2.45, 2.75) is 49.0 Å². The summed E-state index contributed by atoms with van der Waals surface area (Å²) in [5.41, 5.74) is 1.33. The van der Waals surface area contributed by atoms with Crippen molar-refractivity contribution < 1.29 is 22.7 Å². The first-order chi connectivity index (χ1) is 15.9. The summed E-state index contributed by atoms with van der Waals surface area (Å²) in [5.74, 6) is 0.770. The third-order valence-electron chi connectivity index (χ3n) is 6.38. The molecule has 1 saturated carbocycles. The average Bonchev–Trinajstić information content (AvgIpc) is 3.10. The third kappa shape index (κ3) is 4.68. The number of carbonyl (C=O) groups is 1. The smallest absolute Gasteiger partial charge is 0.407 e. The number of alkyl carbamates (subject to hydrolysis) is 1. The van der Waals surface area contributed by atoms with Gasteiger partial charge in [0, 0.05) is 12.0 Å². The van der Waals surface area contributed by atoms with Gasteiger partial charge in [-0.15, -0.1) is 0 Å². The van der Waals surface area contributed by atoms with E-state index in [0.717, 1.165) is 18.4 Å². The number of aliphatic imine (C=N–C) groups is 1. The van der Waals surface area contributed by atoms with Gasteiger partial charge in [-0.2, -0.15) is 0 Å². The van der Waals surface area contributed by atoms with E-state index in [1.807, 2.05) is 25.1 Å². The SMILES string of the molecule is CCNC(=O)OC1CCC(CN=C2NS(=O)(=O)c3cccc(OC)c32)(c2ccccc2)CC1. The fourth-order valence-corrected chi connectivity index (χ4v) is 5.90. The molecule has 0 radical (unpaired) electrons. The minimum Gasteiger partial charge on any atom is -0.496 e. The Morgan fingerprint density at radius 1 is 1.15 bits per heavy atom. The molecule has 33 heavy (non-hydrogen) atoms. The molecule has 2 aromatic rings. The number of hydrogen-bond acceptors (Lipinski definition) is 6. The number of nitrogens with one attached hydrogen (secondary N) is 2. The molecule has 1 amide bonds. The quantitative estimate of drug-likeness (QED) is 0.672. The fourth-order valence-electron chi connectivity index (χ4n) is 4.64. The van der Waals surface area contributed by atoms with E-state index in [4.69, 9.17) is 14.5 Å². The van der Waals surface area contributed by atoms with Gasteiger partial charge in [-0.25, -0.2) is 13.2 Å². The molecule has 176 valence electrons. The van der Waals surface area contributed by atoms with Crippen molar-refractivity contribution in [1.29, 1.82) is 0 Å². The molecule has 0 bridgehead atoms. The molecule has 1 aliphatic carbocycles. The molecule has 1 heterocycles. The molecule has 2 aromatic carbocycles. The van der Waals surface area contributed by atoms with Gasteiger partial charge < -0.3 is 14.8 Å². The van der Waals surface area contributed by atoms with Gasteiger partial charge in [-0.05, 0) is 50.3 Å². The Morgan fingerprint density at radius 3 is 2.55 bits per heavy atom. The first-order valence-electron chi connectivity index (χ1n) is 11.1. The zero-order chi connectivity index (χ0) is 23.5. The van der Waals surface area contributed by atoms with Crippen LogP contribution >= 0.6 is 0 Å². The van der Waals surface area contributed by atoms with Gasteiger partial charge in [0.15, 0.2) is 0 Å². The van der Waals surface area contributed by atoms with Crippen molar-refractivity contribution in [3.05, 3.63) is 59.7 Å². The molecule has 1 fully saturated rings. The molecule has 0 atom stereocenters. The highest BCUT2D eigenvalue weighted by Crippen LogP contribution is 2.41. The molecule has 9 heteroatoms. The predicted octanol–water partition coefficient (Wildman–Crippen LogP) is 3.36. The Hall–Kier alpha value is -3.07. The van der Waals surface area contributed by atoms with Crippen LogP contribution in [-0.2, 0) is 20.2 Å². The van der Waals surface area contributed by atoms with Crippen molar-refractivity contribution in [2.75, 3.05) is 20.2 Å². The molecule has 0 saturated heterocycles. The van der Waals surface area contributed by atoms with Crippen molar-refractivity contribution in [1.82, 2.24) is 10.0 Å². The van der Waals surface area contributed by atoms with Crippen LogP contribution in [0.1, 0.15) is 43.7 Å². The number of sulfonamides is 1. The Labute approximate surface area is 194 Å². The van der Waals surface area contributed by atoms with Crippen LogP contribution in [0.25, 0.3) is 0 Å². The second-order valence-corrected chi connectivity index (χ2v) is 10.0. The molecule has 2 N–H and O–H groups in total. The molecule has 1 aliphatic heterocycles. The zero-order valence-electron chi connectivity index (χ0n) is 18.8. The maximum atomic E-state index is 12.6. The lowest BCUT2D eigenvalue weighted by molar-refractivity contribution is 0.0588. The van der Waals surface area contributed by atoms with Gasteiger partial charge in [0.05, 0.1) is 19.2 Å². The third-order valence-corrected chi connectivity index (χ3v) is 7.76. The lowest BCUT2D eigenvalue weighted by Gasteiger charge is -2.39. The number of fused-ring (bicyclic) bond motifs is 1. The van der Waals surface area contributed by atoms with E-state index < -0.39 is 10.0 Å². The highest BCUT2D eigenvalue weighted by molar-refractivity contribution is 7.90. The van der Waals surface area contributed by atoms with Gasteiger partial charge >= 0.3 is 6.09 Å². The van der Waals surface area contributed by atoms with Crippen LogP contribution in [0.15, 0.2) is 58.4 Å². The molecule has 8 nitrogen and oxygen atoms in total. The van der Waals surface area contributed by atoms with E-state index in [2.05, 4.69) is 22.2 Å². The van der Waals surface area contributed by atoms with Gasteiger partial charge in [-0.3, -0.25) is 9.71 Å². The summed E-state index contributed by atoms with van der Waals surface area (Å²) in [6.07, 6.45) is 2.42. The van der Waals surface area contributed by atoms with Crippen molar-refractivity contribution >= 4 is 22.0 Å². The summed E-state index contributed by atoms with van der Waals surface area (Å²) in [7, 11) is -2.16. The highest BCUT2D eigenvalue weighted by Gasteiger charge is 2.39. The lowest BCUT2D eigenvalue weighted by Crippen LogP contribution is -2.39. The number of hydrogen-bond donors (Lipinski definition) is 2. The number of benzene rings is 2. The number of rotatable bonds is 6. The lowest BCUT2D eigenvalue weighted by atomic mass is 9.68. The second-order valence-electron chi connectivity index (χ2n) is 8.39. The van der Waals surface area contributed by atoms with E-state index in [0.29, 0.717) is 43.1 Å². The topological polar surface area (TPSA) is 106 Å².